The van der Waals surface area contributed by atoms with E-state index in [4.69, 9.17) is 5.73 Å². The second-order valence-corrected chi connectivity index (χ2v) is 6.57. The molecule has 1 aromatic carbocycles. The molecule has 0 radical (unpaired) electrons. The van der Waals surface area contributed by atoms with Crippen molar-refractivity contribution in [2.75, 3.05) is 6.61 Å². The predicted molar refractivity (Wildman–Crippen MR) is 80.3 cm³/mol. The van der Waals surface area contributed by atoms with E-state index < -0.39 is 0 Å². The summed E-state index contributed by atoms with van der Waals surface area (Å²) in [5, 5.41) is 9.53. The fraction of sp³-hybridized carbons (Fsp3) is 0.647. The maximum Gasteiger partial charge on any atom is 0.0440 e. The molecule has 2 unspecified atom stereocenters. The third-order valence-electron chi connectivity index (χ3n) is 5.10. The van der Waals surface area contributed by atoms with Crippen LogP contribution in [-0.4, -0.2) is 17.8 Å². The van der Waals surface area contributed by atoms with Crippen LogP contribution in [0.1, 0.15) is 57.6 Å². The Labute approximate surface area is 117 Å². The van der Waals surface area contributed by atoms with Gasteiger partial charge >= 0.3 is 0 Å². The molecule has 1 aromatic rings. The van der Waals surface area contributed by atoms with Crippen molar-refractivity contribution in [1.82, 2.24) is 0 Å². The number of aliphatic hydroxyl groups excluding tert-OH is 1. The minimum atomic E-state index is -0.0460. The SMILES string of the molecule is CCC(N)C1(CCO)CCC(C)(C)c2ccccc21. The number of rotatable bonds is 4. The summed E-state index contributed by atoms with van der Waals surface area (Å²) in [5.74, 6) is 0. The van der Waals surface area contributed by atoms with Crippen LogP contribution in [0, 0.1) is 0 Å². The normalized spacial score (nSPS) is 26.8. The topological polar surface area (TPSA) is 46.2 Å². The lowest BCUT2D eigenvalue weighted by Gasteiger charge is -2.48. The summed E-state index contributed by atoms with van der Waals surface area (Å²) in [6.45, 7) is 6.98. The van der Waals surface area contributed by atoms with Crippen molar-refractivity contribution < 1.29 is 5.11 Å². The maximum absolute atomic E-state index is 9.53. The number of hydrogen-bond acceptors (Lipinski definition) is 2. The monoisotopic (exact) mass is 261 g/mol. The van der Waals surface area contributed by atoms with Crippen LogP contribution < -0.4 is 5.73 Å². The van der Waals surface area contributed by atoms with Gasteiger partial charge in [0.05, 0.1) is 0 Å². The van der Waals surface area contributed by atoms with Gasteiger partial charge in [0.15, 0.2) is 0 Å². The van der Waals surface area contributed by atoms with E-state index >= 15 is 0 Å². The third-order valence-corrected chi connectivity index (χ3v) is 5.10. The van der Waals surface area contributed by atoms with Crippen LogP contribution in [-0.2, 0) is 10.8 Å². The molecule has 0 amide bonds. The van der Waals surface area contributed by atoms with Crippen molar-refractivity contribution in [1.29, 1.82) is 0 Å². The minimum Gasteiger partial charge on any atom is -0.396 e. The first-order valence-electron chi connectivity index (χ1n) is 7.44. The van der Waals surface area contributed by atoms with Gasteiger partial charge in [-0.1, -0.05) is 45.0 Å². The van der Waals surface area contributed by atoms with Crippen LogP contribution in [0.2, 0.25) is 0 Å². The third kappa shape index (κ3) is 2.32. The molecule has 3 N–H and O–H groups in total. The van der Waals surface area contributed by atoms with E-state index in [0.717, 1.165) is 25.7 Å². The Morgan fingerprint density at radius 2 is 1.84 bits per heavy atom. The first-order valence-corrected chi connectivity index (χ1v) is 7.44. The minimum absolute atomic E-state index is 0.0460. The molecule has 2 nitrogen and oxygen atoms in total. The van der Waals surface area contributed by atoms with Gasteiger partial charge in [0.25, 0.3) is 0 Å². The summed E-state index contributed by atoms with van der Waals surface area (Å²) in [7, 11) is 0. The zero-order chi connectivity index (χ0) is 14.1. The van der Waals surface area contributed by atoms with Crippen molar-refractivity contribution in [2.24, 2.45) is 5.73 Å². The Morgan fingerprint density at radius 1 is 1.21 bits per heavy atom. The fourth-order valence-corrected chi connectivity index (χ4v) is 3.73. The fourth-order valence-electron chi connectivity index (χ4n) is 3.73. The molecular formula is C17H27NO. The van der Waals surface area contributed by atoms with E-state index in [9.17, 15) is 5.11 Å². The van der Waals surface area contributed by atoms with Crippen molar-refractivity contribution in [3.63, 3.8) is 0 Å². The molecule has 0 spiro atoms. The Balaban J connectivity index is 2.58. The van der Waals surface area contributed by atoms with Crippen molar-refractivity contribution >= 4 is 0 Å². The highest BCUT2D eigenvalue weighted by Crippen LogP contribution is 2.49. The van der Waals surface area contributed by atoms with Gasteiger partial charge < -0.3 is 10.8 Å². The Kier molecular flexibility index (Phi) is 4.03. The first-order chi connectivity index (χ1) is 8.98. The molecule has 0 bridgehead atoms. The van der Waals surface area contributed by atoms with Gasteiger partial charge in [0, 0.05) is 18.1 Å². The summed E-state index contributed by atoms with van der Waals surface area (Å²) in [6, 6.07) is 8.81. The van der Waals surface area contributed by atoms with Crippen molar-refractivity contribution in [2.45, 2.75) is 63.3 Å². The highest BCUT2D eigenvalue weighted by atomic mass is 16.3. The molecule has 2 heteroatoms. The van der Waals surface area contributed by atoms with Gasteiger partial charge in [-0.15, -0.1) is 0 Å². The number of aliphatic hydroxyl groups is 1. The number of fused-ring (bicyclic) bond motifs is 1. The molecule has 0 heterocycles. The average molecular weight is 261 g/mol. The Morgan fingerprint density at radius 3 is 2.42 bits per heavy atom. The Hall–Kier alpha value is -0.860. The van der Waals surface area contributed by atoms with Gasteiger partial charge in [-0.05, 0) is 42.2 Å². The molecule has 1 aliphatic rings. The summed E-state index contributed by atoms with van der Waals surface area (Å²) in [5.41, 5.74) is 9.41. The van der Waals surface area contributed by atoms with Crippen LogP contribution in [0.25, 0.3) is 0 Å². The quantitative estimate of drug-likeness (QED) is 0.874. The van der Waals surface area contributed by atoms with Gasteiger partial charge in [0.1, 0.15) is 0 Å². The molecule has 106 valence electrons. The lowest BCUT2D eigenvalue weighted by atomic mass is 9.57. The van der Waals surface area contributed by atoms with Gasteiger partial charge in [-0.3, -0.25) is 0 Å². The second kappa shape index (κ2) is 5.26. The molecule has 19 heavy (non-hydrogen) atoms. The molecule has 1 aliphatic carbocycles. The van der Waals surface area contributed by atoms with Crippen LogP contribution in [0.4, 0.5) is 0 Å². The number of benzene rings is 1. The standard InChI is InChI=1S/C17H27NO/c1-4-15(18)17(11-12-19)10-9-16(2,3)13-7-5-6-8-14(13)17/h5-8,15,19H,4,9-12,18H2,1-3H3. The summed E-state index contributed by atoms with van der Waals surface area (Å²) in [4.78, 5) is 0. The van der Waals surface area contributed by atoms with Gasteiger partial charge in [-0.2, -0.15) is 0 Å². The van der Waals surface area contributed by atoms with E-state index in [1.54, 1.807) is 0 Å². The van der Waals surface area contributed by atoms with Crippen LogP contribution >= 0.6 is 0 Å². The van der Waals surface area contributed by atoms with E-state index in [2.05, 4.69) is 45.0 Å². The molecule has 0 aromatic heterocycles. The number of hydrogen-bond donors (Lipinski definition) is 2. The zero-order valence-electron chi connectivity index (χ0n) is 12.4. The average Bonchev–Trinajstić information content (AvgIpc) is 2.42. The molecule has 0 saturated carbocycles. The van der Waals surface area contributed by atoms with E-state index in [1.807, 2.05) is 0 Å². The molecule has 2 atom stereocenters. The summed E-state index contributed by atoms with van der Waals surface area (Å²) >= 11 is 0. The highest BCUT2D eigenvalue weighted by molar-refractivity contribution is 5.43. The van der Waals surface area contributed by atoms with E-state index in [-0.39, 0.29) is 23.5 Å². The zero-order valence-corrected chi connectivity index (χ0v) is 12.4. The first kappa shape index (κ1) is 14.5. The lowest BCUT2D eigenvalue weighted by molar-refractivity contribution is 0.176. The molecule has 0 fully saturated rings. The van der Waals surface area contributed by atoms with Crippen LogP contribution in [0.15, 0.2) is 24.3 Å². The van der Waals surface area contributed by atoms with E-state index in [0.29, 0.717) is 0 Å². The molecular weight excluding hydrogens is 234 g/mol. The maximum atomic E-state index is 9.53. The van der Waals surface area contributed by atoms with Crippen molar-refractivity contribution in [3.05, 3.63) is 35.4 Å². The predicted octanol–water partition coefficient (Wildman–Crippen LogP) is 3.12. The second-order valence-electron chi connectivity index (χ2n) is 6.57. The largest absolute Gasteiger partial charge is 0.396 e. The van der Waals surface area contributed by atoms with Crippen LogP contribution in [0.3, 0.4) is 0 Å². The molecule has 0 aliphatic heterocycles. The number of nitrogens with two attached hydrogens (primary N) is 1. The van der Waals surface area contributed by atoms with Crippen LogP contribution in [0.5, 0.6) is 0 Å². The lowest BCUT2D eigenvalue weighted by Crippen LogP contribution is -2.50. The highest BCUT2D eigenvalue weighted by Gasteiger charge is 2.45. The van der Waals surface area contributed by atoms with E-state index in [1.165, 1.54) is 11.1 Å². The van der Waals surface area contributed by atoms with Crippen molar-refractivity contribution in [3.8, 4) is 0 Å². The van der Waals surface area contributed by atoms with Gasteiger partial charge in [0.2, 0.25) is 0 Å². The smallest absolute Gasteiger partial charge is 0.0440 e. The summed E-state index contributed by atoms with van der Waals surface area (Å²) < 4.78 is 0. The Bertz CT molecular complexity index is 441. The summed E-state index contributed by atoms with van der Waals surface area (Å²) in [6.07, 6.45) is 3.94. The molecule has 0 saturated heterocycles. The molecule has 2 rings (SSSR count). The van der Waals surface area contributed by atoms with Gasteiger partial charge in [-0.25, -0.2) is 0 Å².